The molecule has 3 heterocycles. The summed E-state index contributed by atoms with van der Waals surface area (Å²) in [6, 6.07) is 10.7. The number of rotatable bonds is 6. The number of carbonyl (C=O) groups is 1. The van der Waals surface area contributed by atoms with Gasteiger partial charge >= 0.3 is 0 Å². The van der Waals surface area contributed by atoms with Crippen molar-refractivity contribution in [1.82, 2.24) is 14.5 Å². The molecule has 0 unspecified atom stereocenters. The summed E-state index contributed by atoms with van der Waals surface area (Å²) in [7, 11) is 1.73. The van der Waals surface area contributed by atoms with Gasteiger partial charge in [0.1, 0.15) is 10.6 Å². The van der Waals surface area contributed by atoms with Crippen LogP contribution in [0, 0.1) is 0 Å². The average Bonchev–Trinajstić information content (AvgIpc) is 3.50. The standard InChI is InChI=1S/C23H20ClN3O3S2/c1-26(12-16-4-3-11-30-16)19(28)13-31-23-25-21-20(17-5-2-6-18(17)32-21)22(29)27(23)15-9-7-14(24)8-10-15/h3-4,7-11H,2,5-6,12-13H2,1H3. The molecular formula is C23H20ClN3O3S2. The third-order valence-corrected chi connectivity index (χ3v) is 7.88. The lowest BCUT2D eigenvalue weighted by Gasteiger charge is -2.16. The van der Waals surface area contributed by atoms with Gasteiger partial charge in [-0.15, -0.1) is 11.3 Å². The maximum Gasteiger partial charge on any atom is 0.267 e. The molecule has 32 heavy (non-hydrogen) atoms. The summed E-state index contributed by atoms with van der Waals surface area (Å²) in [5.74, 6) is 0.807. The first-order valence-corrected chi connectivity index (χ1v) is 12.4. The van der Waals surface area contributed by atoms with Crippen molar-refractivity contribution >= 4 is 50.8 Å². The van der Waals surface area contributed by atoms with E-state index >= 15 is 0 Å². The van der Waals surface area contributed by atoms with Crippen LogP contribution in [-0.4, -0.2) is 33.2 Å². The van der Waals surface area contributed by atoms with E-state index in [0.717, 1.165) is 35.4 Å². The molecule has 3 aromatic heterocycles. The molecule has 0 radical (unpaired) electrons. The Kier molecular flexibility index (Phi) is 5.84. The molecule has 0 saturated heterocycles. The maximum atomic E-state index is 13.6. The second-order valence-corrected chi connectivity index (χ2v) is 10.1. The van der Waals surface area contributed by atoms with Gasteiger partial charge in [0.05, 0.1) is 29.6 Å². The number of carbonyl (C=O) groups excluding carboxylic acids is 1. The lowest BCUT2D eigenvalue weighted by atomic mass is 10.2. The van der Waals surface area contributed by atoms with Crippen molar-refractivity contribution in [1.29, 1.82) is 0 Å². The summed E-state index contributed by atoms with van der Waals surface area (Å²) in [6.45, 7) is 0.389. The largest absolute Gasteiger partial charge is 0.467 e. The van der Waals surface area contributed by atoms with Crippen LogP contribution in [0.15, 0.2) is 57.0 Å². The molecule has 0 bridgehead atoms. The number of nitrogens with zero attached hydrogens (tertiary/aromatic N) is 3. The summed E-state index contributed by atoms with van der Waals surface area (Å²) >= 11 is 8.93. The second kappa shape index (κ2) is 8.77. The van der Waals surface area contributed by atoms with Crippen molar-refractivity contribution in [2.24, 2.45) is 0 Å². The first-order valence-electron chi connectivity index (χ1n) is 10.2. The summed E-state index contributed by atoms with van der Waals surface area (Å²) < 4.78 is 6.93. The summed E-state index contributed by atoms with van der Waals surface area (Å²) in [6.07, 6.45) is 4.57. The van der Waals surface area contributed by atoms with Crippen molar-refractivity contribution in [3.63, 3.8) is 0 Å². The third-order valence-electron chi connectivity index (χ3n) is 5.52. The summed E-state index contributed by atoms with van der Waals surface area (Å²) in [5, 5.41) is 1.81. The lowest BCUT2D eigenvalue weighted by molar-refractivity contribution is -0.127. The Labute approximate surface area is 197 Å². The minimum atomic E-state index is -0.0874. The number of thioether (sulfide) groups is 1. The molecule has 0 atom stereocenters. The molecule has 0 N–H and O–H groups in total. The van der Waals surface area contributed by atoms with Crippen LogP contribution in [0.5, 0.6) is 0 Å². The molecule has 164 valence electrons. The van der Waals surface area contributed by atoms with Crippen molar-refractivity contribution in [2.75, 3.05) is 12.8 Å². The Morgan fingerprint density at radius 3 is 2.84 bits per heavy atom. The zero-order chi connectivity index (χ0) is 22.2. The molecule has 0 saturated carbocycles. The van der Waals surface area contributed by atoms with E-state index in [1.807, 2.05) is 6.07 Å². The van der Waals surface area contributed by atoms with Gasteiger partial charge in [-0.2, -0.15) is 0 Å². The zero-order valence-corrected chi connectivity index (χ0v) is 19.7. The molecule has 1 amide bonds. The monoisotopic (exact) mass is 485 g/mol. The predicted octanol–water partition coefficient (Wildman–Crippen LogP) is 4.93. The van der Waals surface area contributed by atoms with Crippen LogP contribution in [0.3, 0.4) is 0 Å². The van der Waals surface area contributed by atoms with Crippen LogP contribution in [0.4, 0.5) is 0 Å². The number of benzene rings is 1. The molecule has 6 nitrogen and oxygen atoms in total. The van der Waals surface area contributed by atoms with E-state index in [9.17, 15) is 9.59 Å². The minimum Gasteiger partial charge on any atom is -0.467 e. The van der Waals surface area contributed by atoms with Gasteiger partial charge in [-0.25, -0.2) is 4.98 Å². The normalized spacial score (nSPS) is 12.9. The number of aromatic nitrogens is 2. The van der Waals surface area contributed by atoms with Gasteiger partial charge in [0.15, 0.2) is 5.16 Å². The molecule has 0 spiro atoms. The first-order chi connectivity index (χ1) is 15.5. The molecule has 1 aliphatic carbocycles. The number of fused-ring (bicyclic) bond motifs is 3. The predicted molar refractivity (Wildman–Crippen MR) is 128 cm³/mol. The zero-order valence-electron chi connectivity index (χ0n) is 17.3. The first kappa shape index (κ1) is 21.3. The fourth-order valence-electron chi connectivity index (χ4n) is 3.90. The highest BCUT2D eigenvalue weighted by Crippen LogP contribution is 2.36. The molecule has 0 aliphatic heterocycles. The van der Waals surface area contributed by atoms with E-state index in [0.29, 0.717) is 27.8 Å². The van der Waals surface area contributed by atoms with Crippen LogP contribution < -0.4 is 5.56 Å². The fraction of sp³-hybridized carbons (Fsp3) is 0.261. The minimum absolute atomic E-state index is 0.0722. The highest BCUT2D eigenvalue weighted by Gasteiger charge is 2.24. The molecular weight excluding hydrogens is 466 g/mol. The topological polar surface area (TPSA) is 68.3 Å². The van der Waals surface area contributed by atoms with Gasteiger partial charge in [-0.1, -0.05) is 23.4 Å². The molecule has 4 aromatic rings. The maximum absolute atomic E-state index is 13.6. The average molecular weight is 486 g/mol. The highest BCUT2D eigenvalue weighted by atomic mass is 35.5. The number of halogens is 1. The van der Waals surface area contributed by atoms with Gasteiger partial charge in [0, 0.05) is 16.9 Å². The second-order valence-electron chi connectivity index (χ2n) is 7.67. The van der Waals surface area contributed by atoms with Crippen molar-refractivity contribution in [3.8, 4) is 5.69 Å². The lowest BCUT2D eigenvalue weighted by Crippen LogP contribution is -2.28. The highest BCUT2D eigenvalue weighted by molar-refractivity contribution is 7.99. The van der Waals surface area contributed by atoms with E-state index in [-0.39, 0.29) is 17.2 Å². The fourth-order valence-corrected chi connectivity index (χ4v) is 6.28. The summed E-state index contributed by atoms with van der Waals surface area (Å²) in [5.41, 5.74) is 1.73. The van der Waals surface area contributed by atoms with Crippen LogP contribution in [0.1, 0.15) is 22.6 Å². The van der Waals surface area contributed by atoms with Crippen LogP contribution >= 0.6 is 34.7 Å². The molecule has 5 rings (SSSR count). The van der Waals surface area contributed by atoms with Gasteiger partial charge in [-0.05, 0) is 61.2 Å². The van der Waals surface area contributed by atoms with E-state index < -0.39 is 0 Å². The Morgan fingerprint density at radius 1 is 1.28 bits per heavy atom. The van der Waals surface area contributed by atoms with Gasteiger partial charge in [0.25, 0.3) is 5.56 Å². The number of hydrogen-bond acceptors (Lipinski definition) is 6. The Balaban J connectivity index is 1.50. The Morgan fingerprint density at radius 2 is 2.09 bits per heavy atom. The molecule has 9 heteroatoms. The van der Waals surface area contributed by atoms with Crippen molar-refractivity contribution in [3.05, 3.63) is 74.2 Å². The SMILES string of the molecule is CN(Cc1ccco1)C(=O)CSc1nc2sc3c(c2c(=O)n1-c1ccc(Cl)cc1)CCC3. The van der Waals surface area contributed by atoms with Crippen LogP contribution in [0.2, 0.25) is 5.02 Å². The number of thiophene rings is 1. The van der Waals surface area contributed by atoms with E-state index in [1.165, 1.54) is 16.6 Å². The number of amides is 1. The Bertz CT molecular complexity index is 1340. The van der Waals surface area contributed by atoms with Gasteiger partial charge in [-0.3, -0.25) is 14.2 Å². The smallest absolute Gasteiger partial charge is 0.267 e. The number of hydrogen-bond donors (Lipinski definition) is 0. The Hall–Kier alpha value is -2.55. The van der Waals surface area contributed by atoms with Crippen molar-refractivity contribution in [2.45, 2.75) is 31.0 Å². The molecule has 1 aromatic carbocycles. The van der Waals surface area contributed by atoms with E-state index in [1.54, 1.807) is 64.4 Å². The summed E-state index contributed by atoms with van der Waals surface area (Å²) in [4.78, 5) is 34.8. The number of furan rings is 1. The van der Waals surface area contributed by atoms with Crippen LogP contribution in [0.25, 0.3) is 15.9 Å². The molecule has 1 aliphatic rings. The van der Waals surface area contributed by atoms with Gasteiger partial charge in [0.2, 0.25) is 5.91 Å². The third kappa shape index (κ3) is 3.98. The van der Waals surface area contributed by atoms with Crippen LogP contribution in [-0.2, 0) is 24.2 Å². The van der Waals surface area contributed by atoms with Gasteiger partial charge < -0.3 is 9.32 Å². The molecule has 0 fully saturated rings. The number of aryl methyl sites for hydroxylation is 2. The van der Waals surface area contributed by atoms with E-state index in [2.05, 4.69) is 0 Å². The quantitative estimate of drug-likeness (QED) is 0.286. The van der Waals surface area contributed by atoms with Crippen molar-refractivity contribution < 1.29 is 9.21 Å². The van der Waals surface area contributed by atoms with E-state index in [4.69, 9.17) is 21.0 Å².